The van der Waals surface area contributed by atoms with Crippen LogP contribution in [0.15, 0.2) is 28.7 Å². The Morgan fingerprint density at radius 3 is 2.58 bits per heavy atom. The van der Waals surface area contributed by atoms with Crippen LogP contribution in [0, 0.1) is 5.92 Å². The average molecular weight is 356 g/mol. The van der Waals surface area contributed by atoms with Crippen LogP contribution in [-0.2, 0) is 4.79 Å². The van der Waals surface area contributed by atoms with E-state index in [9.17, 15) is 4.79 Å². The van der Waals surface area contributed by atoms with Crippen molar-refractivity contribution in [1.82, 2.24) is 15.2 Å². The number of benzene rings is 1. The van der Waals surface area contributed by atoms with E-state index in [1.165, 1.54) is 0 Å². The number of para-hydroxylation sites is 2. The molecule has 0 atom stereocenters. The fraction of sp³-hybridized carbons (Fsp3) is 0.600. The van der Waals surface area contributed by atoms with E-state index in [0.717, 1.165) is 75.5 Å². The molecule has 6 nitrogen and oxygen atoms in total. The van der Waals surface area contributed by atoms with Gasteiger partial charge < -0.3 is 19.5 Å². The molecule has 2 saturated heterocycles. The van der Waals surface area contributed by atoms with Crippen LogP contribution in [0.25, 0.3) is 11.1 Å². The maximum absolute atomic E-state index is 12.0. The van der Waals surface area contributed by atoms with Crippen LogP contribution in [-0.4, -0.2) is 54.6 Å². The normalized spacial score (nSPS) is 20.6. The van der Waals surface area contributed by atoms with Crippen LogP contribution in [0.2, 0.25) is 0 Å². The summed E-state index contributed by atoms with van der Waals surface area (Å²) in [5.74, 6) is 0.434. The van der Waals surface area contributed by atoms with Gasteiger partial charge in [0.15, 0.2) is 5.58 Å². The number of rotatable bonds is 4. The molecule has 1 aromatic heterocycles. The lowest BCUT2D eigenvalue weighted by atomic mass is 9.93. The van der Waals surface area contributed by atoms with E-state index >= 15 is 0 Å². The van der Waals surface area contributed by atoms with Gasteiger partial charge >= 0.3 is 0 Å². The quantitative estimate of drug-likeness (QED) is 0.912. The van der Waals surface area contributed by atoms with Crippen LogP contribution in [0.3, 0.4) is 0 Å². The number of nitrogens with one attached hydrogen (secondary N) is 1. The highest BCUT2D eigenvalue weighted by molar-refractivity contribution is 5.78. The van der Waals surface area contributed by atoms with Gasteiger partial charge in [0.05, 0.1) is 0 Å². The van der Waals surface area contributed by atoms with Crippen molar-refractivity contribution in [3.8, 4) is 0 Å². The second-order valence-electron chi connectivity index (χ2n) is 7.39. The van der Waals surface area contributed by atoms with Gasteiger partial charge in [-0.15, -0.1) is 0 Å². The summed E-state index contributed by atoms with van der Waals surface area (Å²) in [4.78, 5) is 21.5. The first kappa shape index (κ1) is 17.3. The highest BCUT2D eigenvalue weighted by Gasteiger charge is 2.31. The molecule has 0 saturated carbocycles. The molecule has 140 valence electrons. The highest BCUT2D eigenvalue weighted by Crippen LogP contribution is 2.28. The van der Waals surface area contributed by atoms with E-state index in [4.69, 9.17) is 4.42 Å². The summed E-state index contributed by atoms with van der Waals surface area (Å²) in [5.41, 5.74) is 1.79. The summed E-state index contributed by atoms with van der Waals surface area (Å²) >= 11 is 0. The van der Waals surface area contributed by atoms with Crippen molar-refractivity contribution in [2.75, 3.05) is 37.6 Å². The van der Waals surface area contributed by atoms with Crippen molar-refractivity contribution in [3.05, 3.63) is 24.3 Å². The number of likely N-dealkylation sites (tertiary alicyclic amines) is 1. The van der Waals surface area contributed by atoms with Crippen LogP contribution >= 0.6 is 0 Å². The Morgan fingerprint density at radius 2 is 1.88 bits per heavy atom. The first-order valence-electron chi connectivity index (χ1n) is 9.87. The highest BCUT2D eigenvalue weighted by atomic mass is 16.4. The van der Waals surface area contributed by atoms with Crippen molar-refractivity contribution in [2.45, 2.75) is 38.6 Å². The van der Waals surface area contributed by atoms with E-state index in [2.05, 4.69) is 20.1 Å². The number of oxazole rings is 1. The zero-order chi connectivity index (χ0) is 17.9. The summed E-state index contributed by atoms with van der Waals surface area (Å²) in [6.07, 6.45) is 4.23. The Bertz CT molecular complexity index is 710. The lowest BCUT2D eigenvalue weighted by Gasteiger charge is -2.41. The van der Waals surface area contributed by atoms with Crippen LogP contribution in [0.1, 0.15) is 32.6 Å². The summed E-state index contributed by atoms with van der Waals surface area (Å²) in [6, 6.07) is 9.30. The molecule has 1 N–H and O–H groups in total. The molecule has 6 heteroatoms. The maximum atomic E-state index is 12.0. The monoisotopic (exact) mass is 356 g/mol. The molecule has 26 heavy (non-hydrogen) atoms. The molecule has 4 rings (SSSR count). The molecule has 1 aromatic carbocycles. The number of hydrogen-bond donors (Lipinski definition) is 1. The van der Waals surface area contributed by atoms with Crippen molar-refractivity contribution in [2.24, 2.45) is 5.92 Å². The number of anilines is 1. The van der Waals surface area contributed by atoms with Crippen LogP contribution in [0.5, 0.6) is 0 Å². The number of carbonyl (C=O) groups is 1. The first-order valence-corrected chi connectivity index (χ1v) is 9.87. The molecule has 3 heterocycles. The molecule has 2 aliphatic heterocycles. The largest absolute Gasteiger partial charge is 0.423 e. The van der Waals surface area contributed by atoms with Gasteiger partial charge in [-0.3, -0.25) is 4.79 Å². The molecular formula is C20H28N4O2. The summed E-state index contributed by atoms with van der Waals surface area (Å²) in [5, 5.41) is 2.96. The minimum atomic E-state index is 0.200. The standard InChI is InChI=1S/C20H28N4O2/c1-2-21-19(25)15-7-11-23(12-8-15)16-9-13-24(14-10-16)20-22-17-5-3-4-6-18(17)26-20/h3-6,15-16H,2,7-14H2,1H3,(H,21,25). The molecule has 0 aliphatic carbocycles. The molecular weight excluding hydrogens is 328 g/mol. The van der Waals surface area contributed by atoms with E-state index < -0.39 is 0 Å². The van der Waals surface area contributed by atoms with Crippen LogP contribution in [0.4, 0.5) is 6.01 Å². The number of nitrogens with zero attached hydrogens (tertiary/aromatic N) is 3. The molecule has 0 unspecified atom stereocenters. The van der Waals surface area contributed by atoms with E-state index in [-0.39, 0.29) is 11.8 Å². The molecule has 2 fully saturated rings. The lowest BCUT2D eigenvalue weighted by Crippen LogP contribution is -2.49. The van der Waals surface area contributed by atoms with Crippen molar-refractivity contribution in [1.29, 1.82) is 0 Å². The van der Waals surface area contributed by atoms with Gasteiger partial charge in [-0.2, -0.15) is 4.98 Å². The van der Waals surface area contributed by atoms with E-state index in [1.807, 2.05) is 31.2 Å². The minimum Gasteiger partial charge on any atom is -0.423 e. The fourth-order valence-corrected chi connectivity index (χ4v) is 4.26. The Morgan fingerprint density at radius 1 is 1.15 bits per heavy atom. The molecule has 0 radical (unpaired) electrons. The van der Waals surface area contributed by atoms with Crippen molar-refractivity contribution >= 4 is 23.0 Å². The summed E-state index contributed by atoms with van der Waals surface area (Å²) in [7, 11) is 0. The number of piperidine rings is 2. The van der Waals surface area contributed by atoms with Gasteiger partial charge in [-0.05, 0) is 57.8 Å². The SMILES string of the molecule is CCNC(=O)C1CCN(C2CCN(c3nc4ccccc4o3)CC2)CC1. The van der Waals surface area contributed by atoms with E-state index in [0.29, 0.717) is 6.04 Å². The molecule has 2 aliphatic rings. The van der Waals surface area contributed by atoms with Gasteiger partial charge in [-0.25, -0.2) is 0 Å². The summed E-state index contributed by atoms with van der Waals surface area (Å²) in [6.45, 7) is 6.75. The smallest absolute Gasteiger partial charge is 0.298 e. The Balaban J connectivity index is 1.29. The van der Waals surface area contributed by atoms with Crippen molar-refractivity contribution in [3.63, 3.8) is 0 Å². The minimum absolute atomic E-state index is 0.200. The van der Waals surface area contributed by atoms with Gasteiger partial charge in [0, 0.05) is 31.6 Å². The van der Waals surface area contributed by atoms with Gasteiger partial charge in [0.25, 0.3) is 6.01 Å². The Hall–Kier alpha value is -2.08. The maximum Gasteiger partial charge on any atom is 0.298 e. The topological polar surface area (TPSA) is 61.6 Å². The lowest BCUT2D eigenvalue weighted by molar-refractivity contribution is -0.126. The third kappa shape index (κ3) is 3.56. The molecule has 2 aromatic rings. The number of amides is 1. The zero-order valence-electron chi connectivity index (χ0n) is 15.5. The molecule has 1 amide bonds. The molecule has 0 spiro atoms. The predicted molar refractivity (Wildman–Crippen MR) is 102 cm³/mol. The number of hydrogen-bond acceptors (Lipinski definition) is 5. The molecule has 0 bridgehead atoms. The predicted octanol–water partition coefficient (Wildman–Crippen LogP) is 2.64. The third-order valence-electron chi connectivity index (χ3n) is 5.79. The van der Waals surface area contributed by atoms with Gasteiger partial charge in [0.2, 0.25) is 5.91 Å². The summed E-state index contributed by atoms with van der Waals surface area (Å²) < 4.78 is 5.91. The second kappa shape index (κ2) is 7.66. The van der Waals surface area contributed by atoms with Crippen LogP contribution < -0.4 is 10.2 Å². The second-order valence-corrected chi connectivity index (χ2v) is 7.39. The average Bonchev–Trinajstić information content (AvgIpc) is 3.13. The van der Waals surface area contributed by atoms with Gasteiger partial charge in [-0.1, -0.05) is 12.1 Å². The number of aromatic nitrogens is 1. The van der Waals surface area contributed by atoms with Crippen molar-refractivity contribution < 1.29 is 9.21 Å². The zero-order valence-corrected chi connectivity index (χ0v) is 15.5. The fourth-order valence-electron chi connectivity index (χ4n) is 4.26. The first-order chi connectivity index (χ1) is 12.7. The number of fused-ring (bicyclic) bond motifs is 1. The number of carbonyl (C=O) groups excluding carboxylic acids is 1. The third-order valence-corrected chi connectivity index (χ3v) is 5.79. The van der Waals surface area contributed by atoms with E-state index in [1.54, 1.807) is 0 Å². The Kier molecular flexibility index (Phi) is 5.11. The van der Waals surface area contributed by atoms with Gasteiger partial charge in [0.1, 0.15) is 5.52 Å². The Labute approximate surface area is 154 Å².